The van der Waals surface area contributed by atoms with Crippen molar-refractivity contribution in [2.24, 2.45) is 0 Å². The molecule has 0 radical (unpaired) electrons. The Balaban J connectivity index is 1.54. The predicted molar refractivity (Wildman–Crippen MR) is 106 cm³/mol. The van der Waals surface area contributed by atoms with Gasteiger partial charge in [0, 0.05) is 18.1 Å². The third-order valence-electron chi connectivity index (χ3n) is 4.36. The first-order valence-corrected chi connectivity index (χ1v) is 9.55. The summed E-state index contributed by atoms with van der Waals surface area (Å²) in [7, 11) is 1.57. The predicted octanol–water partition coefficient (Wildman–Crippen LogP) is 3.36. The van der Waals surface area contributed by atoms with Gasteiger partial charge in [-0.3, -0.25) is 4.79 Å². The van der Waals surface area contributed by atoms with Crippen molar-refractivity contribution in [2.75, 3.05) is 12.4 Å². The molecule has 3 heterocycles. The SMILES string of the molecule is COc1ccc(NC(=O)C[C@@H](c2ccsc2)n2cccc2)cc1-c1nn[nH]n1. The Morgan fingerprint density at radius 3 is 2.86 bits per heavy atom. The Morgan fingerprint density at radius 2 is 2.18 bits per heavy atom. The van der Waals surface area contributed by atoms with Crippen LogP contribution in [-0.4, -0.2) is 38.2 Å². The number of anilines is 1. The molecule has 1 amide bonds. The minimum Gasteiger partial charge on any atom is -0.496 e. The van der Waals surface area contributed by atoms with Crippen LogP contribution in [0.5, 0.6) is 5.75 Å². The van der Waals surface area contributed by atoms with Crippen LogP contribution in [0.15, 0.2) is 59.6 Å². The van der Waals surface area contributed by atoms with Gasteiger partial charge in [-0.25, -0.2) is 0 Å². The minimum atomic E-state index is -0.0888. The molecule has 9 heteroatoms. The number of ether oxygens (including phenoxy) is 1. The van der Waals surface area contributed by atoms with Crippen molar-refractivity contribution in [3.8, 4) is 17.1 Å². The van der Waals surface area contributed by atoms with E-state index in [0.29, 0.717) is 29.2 Å². The highest BCUT2D eigenvalue weighted by Crippen LogP contribution is 2.30. The lowest BCUT2D eigenvalue weighted by molar-refractivity contribution is -0.116. The molecule has 0 fully saturated rings. The zero-order valence-electron chi connectivity index (χ0n) is 15.1. The Labute approximate surface area is 165 Å². The van der Waals surface area contributed by atoms with Crippen LogP contribution in [0.2, 0.25) is 0 Å². The second-order valence-corrected chi connectivity index (χ2v) is 6.89. The van der Waals surface area contributed by atoms with Crippen LogP contribution in [0.25, 0.3) is 11.4 Å². The van der Waals surface area contributed by atoms with Crippen molar-refractivity contribution in [3.05, 3.63) is 65.1 Å². The molecule has 0 aliphatic carbocycles. The summed E-state index contributed by atoms with van der Waals surface area (Å²) in [6, 6.07) is 11.2. The monoisotopic (exact) mass is 394 g/mol. The summed E-state index contributed by atoms with van der Waals surface area (Å²) in [6.45, 7) is 0. The smallest absolute Gasteiger partial charge is 0.226 e. The summed E-state index contributed by atoms with van der Waals surface area (Å²) < 4.78 is 7.40. The van der Waals surface area contributed by atoms with E-state index in [1.165, 1.54) is 0 Å². The van der Waals surface area contributed by atoms with E-state index in [1.807, 2.05) is 40.5 Å². The van der Waals surface area contributed by atoms with Crippen LogP contribution in [0, 0.1) is 0 Å². The number of methoxy groups -OCH3 is 1. The van der Waals surface area contributed by atoms with Gasteiger partial charge in [0.2, 0.25) is 11.7 Å². The van der Waals surface area contributed by atoms with Gasteiger partial charge >= 0.3 is 0 Å². The van der Waals surface area contributed by atoms with Gasteiger partial charge in [-0.2, -0.15) is 16.6 Å². The van der Waals surface area contributed by atoms with Crippen molar-refractivity contribution in [1.82, 2.24) is 25.2 Å². The van der Waals surface area contributed by atoms with Gasteiger partial charge in [0.25, 0.3) is 0 Å². The van der Waals surface area contributed by atoms with Crippen molar-refractivity contribution in [3.63, 3.8) is 0 Å². The van der Waals surface area contributed by atoms with Gasteiger partial charge in [0.15, 0.2) is 0 Å². The average Bonchev–Trinajstić information content (AvgIpc) is 3.49. The summed E-state index contributed by atoms with van der Waals surface area (Å²) >= 11 is 1.62. The average molecular weight is 394 g/mol. The lowest BCUT2D eigenvalue weighted by Gasteiger charge is -2.18. The Hall–Kier alpha value is -3.46. The quantitative estimate of drug-likeness (QED) is 0.501. The van der Waals surface area contributed by atoms with E-state index in [2.05, 4.69) is 31.3 Å². The number of aromatic nitrogens is 5. The molecule has 4 aromatic rings. The zero-order valence-corrected chi connectivity index (χ0v) is 15.9. The second kappa shape index (κ2) is 8.05. The van der Waals surface area contributed by atoms with Gasteiger partial charge < -0.3 is 14.6 Å². The van der Waals surface area contributed by atoms with E-state index < -0.39 is 0 Å². The maximum absolute atomic E-state index is 12.8. The molecular formula is C19H18N6O2S. The van der Waals surface area contributed by atoms with E-state index in [4.69, 9.17) is 4.74 Å². The highest BCUT2D eigenvalue weighted by atomic mass is 32.1. The van der Waals surface area contributed by atoms with Crippen LogP contribution in [0.4, 0.5) is 5.69 Å². The van der Waals surface area contributed by atoms with Gasteiger partial charge in [0.05, 0.1) is 25.1 Å². The summed E-state index contributed by atoms with van der Waals surface area (Å²) in [5.74, 6) is 0.911. The van der Waals surface area contributed by atoms with Gasteiger partial charge in [-0.15, -0.1) is 10.2 Å². The fourth-order valence-electron chi connectivity index (χ4n) is 3.04. The number of nitrogens with one attached hydrogen (secondary N) is 2. The lowest BCUT2D eigenvalue weighted by Crippen LogP contribution is -2.19. The molecule has 0 aliphatic heterocycles. The fourth-order valence-corrected chi connectivity index (χ4v) is 3.75. The minimum absolute atomic E-state index is 0.0591. The summed E-state index contributed by atoms with van der Waals surface area (Å²) in [5.41, 5.74) is 2.40. The Morgan fingerprint density at radius 1 is 1.32 bits per heavy atom. The maximum Gasteiger partial charge on any atom is 0.226 e. The molecule has 28 heavy (non-hydrogen) atoms. The number of hydrogen-bond acceptors (Lipinski definition) is 6. The summed E-state index contributed by atoms with van der Waals surface area (Å²) in [4.78, 5) is 12.8. The number of aromatic amines is 1. The first kappa shape index (κ1) is 17.9. The number of rotatable bonds is 7. The molecule has 0 saturated heterocycles. The number of thiophene rings is 1. The first-order valence-electron chi connectivity index (χ1n) is 8.61. The van der Waals surface area contributed by atoms with Crippen molar-refractivity contribution in [1.29, 1.82) is 0 Å². The second-order valence-electron chi connectivity index (χ2n) is 6.11. The van der Waals surface area contributed by atoms with Crippen LogP contribution in [0.1, 0.15) is 18.0 Å². The number of nitrogens with zero attached hydrogens (tertiary/aromatic N) is 4. The van der Waals surface area contributed by atoms with Crippen molar-refractivity contribution in [2.45, 2.75) is 12.5 Å². The largest absolute Gasteiger partial charge is 0.496 e. The van der Waals surface area contributed by atoms with Gasteiger partial charge in [-0.1, -0.05) is 0 Å². The lowest BCUT2D eigenvalue weighted by atomic mass is 10.1. The van der Waals surface area contributed by atoms with E-state index in [0.717, 1.165) is 5.56 Å². The number of tetrazole rings is 1. The molecule has 3 aromatic heterocycles. The molecule has 142 valence electrons. The number of H-pyrrole nitrogens is 1. The third-order valence-corrected chi connectivity index (χ3v) is 5.07. The van der Waals surface area contributed by atoms with E-state index >= 15 is 0 Å². The molecule has 4 rings (SSSR count). The Bertz CT molecular complexity index is 995. The molecule has 1 aromatic carbocycles. The van der Waals surface area contributed by atoms with E-state index in [1.54, 1.807) is 36.6 Å². The van der Waals surface area contributed by atoms with E-state index in [9.17, 15) is 4.79 Å². The molecule has 0 spiro atoms. The van der Waals surface area contributed by atoms with Gasteiger partial charge in [0.1, 0.15) is 5.75 Å². The highest BCUT2D eigenvalue weighted by molar-refractivity contribution is 7.08. The van der Waals surface area contributed by atoms with Crippen LogP contribution in [0.3, 0.4) is 0 Å². The normalized spacial score (nSPS) is 11.9. The van der Waals surface area contributed by atoms with Gasteiger partial charge in [-0.05, 0) is 57.9 Å². The van der Waals surface area contributed by atoms with Crippen LogP contribution < -0.4 is 10.1 Å². The number of benzene rings is 1. The number of amides is 1. The highest BCUT2D eigenvalue weighted by Gasteiger charge is 2.19. The topological polar surface area (TPSA) is 97.7 Å². The molecule has 0 saturated carbocycles. The molecule has 1 atom stereocenters. The number of carbonyl (C=O) groups excluding carboxylic acids is 1. The Kier molecular flexibility index (Phi) is 5.16. The summed E-state index contributed by atoms with van der Waals surface area (Å²) in [5, 5.41) is 21.0. The van der Waals surface area contributed by atoms with E-state index in [-0.39, 0.29) is 11.9 Å². The molecule has 8 nitrogen and oxygen atoms in total. The standard InChI is InChI=1S/C19H18N6O2S/c1-27-17-5-4-14(10-15(17)19-21-23-24-22-19)20-18(26)11-16(13-6-9-28-12-13)25-7-2-3-8-25/h2-10,12,16H,11H2,1H3,(H,20,26)(H,21,22,23,24)/t16-/m0/s1. The van der Waals surface area contributed by atoms with Crippen LogP contribution in [-0.2, 0) is 4.79 Å². The molecule has 0 aliphatic rings. The molecular weight excluding hydrogens is 376 g/mol. The number of hydrogen-bond donors (Lipinski definition) is 2. The zero-order chi connectivity index (χ0) is 19.3. The summed E-state index contributed by atoms with van der Waals surface area (Å²) in [6.07, 6.45) is 4.25. The maximum atomic E-state index is 12.8. The van der Waals surface area contributed by atoms with Crippen LogP contribution >= 0.6 is 11.3 Å². The molecule has 2 N–H and O–H groups in total. The fraction of sp³-hybridized carbons (Fsp3) is 0.158. The third kappa shape index (κ3) is 3.79. The molecule has 0 unspecified atom stereocenters. The van der Waals surface area contributed by atoms with Crippen molar-refractivity contribution >= 4 is 22.9 Å². The van der Waals surface area contributed by atoms with Crippen molar-refractivity contribution < 1.29 is 9.53 Å². The molecule has 0 bridgehead atoms. The number of carbonyl (C=O) groups is 1. The first-order chi connectivity index (χ1) is 13.7.